The second-order valence-corrected chi connectivity index (χ2v) is 6.77. The number of rotatable bonds is 8. The first-order chi connectivity index (χ1) is 11.8. The molecule has 1 atom stereocenters. The van der Waals surface area contributed by atoms with Gasteiger partial charge in [-0.25, -0.2) is 0 Å². The molecule has 1 amide bonds. The molecule has 0 N–H and O–H groups in total. The summed E-state index contributed by atoms with van der Waals surface area (Å²) in [5, 5.41) is 4.06. The molecule has 134 valence electrons. The number of carbonyl (C=O) groups excluding carboxylic acids is 1. The highest BCUT2D eigenvalue weighted by molar-refractivity contribution is 5.76. The molecule has 1 aliphatic heterocycles. The maximum absolute atomic E-state index is 12.4. The number of nitrogens with zero attached hydrogens (tertiary/aromatic N) is 3. The fourth-order valence-corrected chi connectivity index (χ4v) is 3.58. The molecular weight excluding hydrogens is 310 g/mol. The van der Waals surface area contributed by atoms with Crippen molar-refractivity contribution in [3.63, 3.8) is 0 Å². The highest BCUT2D eigenvalue weighted by Crippen LogP contribution is 2.30. The fourth-order valence-electron chi connectivity index (χ4n) is 3.58. The molecule has 2 fully saturated rings. The van der Waals surface area contributed by atoms with E-state index >= 15 is 0 Å². The molecule has 1 aliphatic carbocycles. The standard InChI is InChI=1S/C17H27N3O4/c1-22-8-9-23-12-15-18-17(19-24-15)14-6-7-20(11-14)16(21)10-13-4-2-3-5-13/h13-14H,2-12H2,1H3. The summed E-state index contributed by atoms with van der Waals surface area (Å²) >= 11 is 0. The maximum atomic E-state index is 12.4. The zero-order chi connectivity index (χ0) is 16.8. The maximum Gasteiger partial charge on any atom is 0.252 e. The Morgan fingerprint density at radius 3 is 2.92 bits per heavy atom. The normalized spacial score (nSPS) is 21.7. The summed E-state index contributed by atoms with van der Waals surface area (Å²) in [5.41, 5.74) is 0. The molecule has 0 radical (unpaired) electrons. The van der Waals surface area contributed by atoms with Crippen LogP contribution in [0.2, 0.25) is 0 Å². The Balaban J connectivity index is 1.44. The van der Waals surface area contributed by atoms with Crippen molar-refractivity contribution in [3.8, 4) is 0 Å². The Labute approximate surface area is 142 Å². The number of hydrogen-bond donors (Lipinski definition) is 0. The van der Waals surface area contributed by atoms with Gasteiger partial charge in [-0.1, -0.05) is 18.0 Å². The van der Waals surface area contributed by atoms with Crippen molar-refractivity contribution in [3.05, 3.63) is 11.7 Å². The van der Waals surface area contributed by atoms with Crippen molar-refractivity contribution < 1.29 is 18.8 Å². The lowest BCUT2D eigenvalue weighted by atomic mass is 10.0. The van der Waals surface area contributed by atoms with Crippen molar-refractivity contribution in [1.29, 1.82) is 0 Å². The van der Waals surface area contributed by atoms with Crippen molar-refractivity contribution in [1.82, 2.24) is 15.0 Å². The second kappa shape index (κ2) is 8.58. The lowest BCUT2D eigenvalue weighted by molar-refractivity contribution is -0.131. The van der Waals surface area contributed by atoms with E-state index in [1.165, 1.54) is 25.7 Å². The molecule has 1 aromatic rings. The largest absolute Gasteiger partial charge is 0.382 e. The van der Waals surface area contributed by atoms with Crippen LogP contribution < -0.4 is 0 Å². The van der Waals surface area contributed by atoms with Crippen LogP contribution in [0, 0.1) is 5.92 Å². The van der Waals surface area contributed by atoms with Crippen molar-refractivity contribution in [2.24, 2.45) is 5.92 Å². The smallest absolute Gasteiger partial charge is 0.252 e. The van der Waals surface area contributed by atoms with E-state index in [2.05, 4.69) is 10.1 Å². The average Bonchev–Trinajstić information content (AvgIpc) is 3.31. The minimum Gasteiger partial charge on any atom is -0.382 e. The molecule has 24 heavy (non-hydrogen) atoms. The Morgan fingerprint density at radius 2 is 2.12 bits per heavy atom. The van der Waals surface area contributed by atoms with E-state index in [9.17, 15) is 4.79 Å². The highest BCUT2D eigenvalue weighted by Gasteiger charge is 2.31. The Bertz CT molecular complexity index is 528. The molecule has 0 aromatic carbocycles. The molecular formula is C17H27N3O4. The molecule has 1 unspecified atom stereocenters. The van der Waals surface area contributed by atoms with Crippen molar-refractivity contribution in [2.45, 2.75) is 51.0 Å². The van der Waals surface area contributed by atoms with E-state index in [1.54, 1.807) is 7.11 Å². The number of hydrogen-bond acceptors (Lipinski definition) is 6. The Hall–Kier alpha value is -1.47. The van der Waals surface area contributed by atoms with Crippen LogP contribution >= 0.6 is 0 Å². The van der Waals surface area contributed by atoms with Crippen LogP contribution in [0.4, 0.5) is 0 Å². The molecule has 0 bridgehead atoms. The molecule has 1 saturated heterocycles. The van der Waals surface area contributed by atoms with Gasteiger partial charge in [0.05, 0.1) is 13.2 Å². The average molecular weight is 337 g/mol. The zero-order valence-corrected chi connectivity index (χ0v) is 14.4. The number of aromatic nitrogens is 2. The van der Waals surface area contributed by atoms with Gasteiger partial charge in [0.25, 0.3) is 5.89 Å². The van der Waals surface area contributed by atoms with Gasteiger partial charge in [-0.3, -0.25) is 4.79 Å². The van der Waals surface area contributed by atoms with Crippen LogP contribution in [0.1, 0.15) is 56.2 Å². The molecule has 0 spiro atoms. The Morgan fingerprint density at radius 1 is 1.29 bits per heavy atom. The number of carbonyl (C=O) groups is 1. The van der Waals surface area contributed by atoms with Crippen LogP contribution in [0.15, 0.2) is 4.52 Å². The quantitative estimate of drug-likeness (QED) is 0.676. The molecule has 2 heterocycles. The summed E-state index contributed by atoms with van der Waals surface area (Å²) in [7, 11) is 1.63. The number of methoxy groups -OCH3 is 1. The fraction of sp³-hybridized carbons (Fsp3) is 0.824. The van der Waals surface area contributed by atoms with Crippen molar-refractivity contribution >= 4 is 5.91 Å². The topological polar surface area (TPSA) is 77.7 Å². The number of amides is 1. The zero-order valence-electron chi connectivity index (χ0n) is 14.4. The van der Waals surface area contributed by atoms with Gasteiger partial charge in [0.2, 0.25) is 5.91 Å². The van der Waals surface area contributed by atoms with Crippen LogP contribution in [0.5, 0.6) is 0 Å². The van der Waals surface area contributed by atoms with Gasteiger partial charge < -0.3 is 18.9 Å². The summed E-state index contributed by atoms with van der Waals surface area (Å²) in [5.74, 6) is 2.23. The molecule has 1 aromatic heterocycles. The minimum absolute atomic E-state index is 0.175. The van der Waals surface area contributed by atoms with Gasteiger partial charge in [0.15, 0.2) is 5.82 Å². The second-order valence-electron chi connectivity index (χ2n) is 6.77. The third kappa shape index (κ3) is 4.54. The molecule has 1 saturated carbocycles. The van der Waals surface area contributed by atoms with Crippen molar-refractivity contribution in [2.75, 3.05) is 33.4 Å². The Kier molecular flexibility index (Phi) is 6.20. The van der Waals surface area contributed by atoms with Crippen LogP contribution in [0.25, 0.3) is 0 Å². The first-order valence-electron chi connectivity index (χ1n) is 8.93. The third-order valence-electron chi connectivity index (χ3n) is 4.99. The predicted octanol–water partition coefficient (Wildman–Crippen LogP) is 2.13. The van der Waals surface area contributed by atoms with Gasteiger partial charge in [-0.2, -0.15) is 4.98 Å². The van der Waals surface area contributed by atoms with Gasteiger partial charge in [0.1, 0.15) is 6.61 Å². The summed E-state index contributed by atoms with van der Waals surface area (Å²) < 4.78 is 15.5. The van der Waals surface area contributed by atoms with Crippen LogP contribution in [-0.2, 0) is 20.9 Å². The minimum atomic E-state index is 0.175. The molecule has 2 aliphatic rings. The summed E-state index contributed by atoms with van der Waals surface area (Å²) in [4.78, 5) is 18.8. The van der Waals surface area contributed by atoms with Crippen LogP contribution in [0.3, 0.4) is 0 Å². The van der Waals surface area contributed by atoms with Gasteiger partial charge in [0, 0.05) is 32.5 Å². The van der Waals surface area contributed by atoms with Gasteiger partial charge in [-0.15, -0.1) is 0 Å². The van der Waals surface area contributed by atoms with E-state index in [1.807, 2.05) is 4.90 Å². The summed E-state index contributed by atoms with van der Waals surface area (Å²) in [6.07, 6.45) is 6.58. The number of likely N-dealkylation sites (tertiary alicyclic amines) is 1. The van der Waals surface area contributed by atoms with E-state index < -0.39 is 0 Å². The van der Waals surface area contributed by atoms with E-state index in [0.29, 0.717) is 50.4 Å². The van der Waals surface area contributed by atoms with Gasteiger partial charge >= 0.3 is 0 Å². The van der Waals surface area contributed by atoms with Crippen LogP contribution in [-0.4, -0.2) is 54.4 Å². The monoisotopic (exact) mass is 337 g/mol. The van der Waals surface area contributed by atoms with E-state index in [-0.39, 0.29) is 11.8 Å². The lowest BCUT2D eigenvalue weighted by Gasteiger charge is -2.18. The summed E-state index contributed by atoms with van der Waals surface area (Å²) in [6, 6.07) is 0. The molecule has 7 nitrogen and oxygen atoms in total. The third-order valence-corrected chi connectivity index (χ3v) is 4.99. The first-order valence-corrected chi connectivity index (χ1v) is 8.93. The van der Waals surface area contributed by atoms with E-state index in [0.717, 1.165) is 13.0 Å². The molecule has 7 heteroatoms. The highest BCUT2D eigenvalue weighted by atomic mass is 16.5. The predicted molar refractivity (Wildman–Crippen MR) is 86.3 cm³/mol. The van der Waals surface area contributed by atoms with E-state index in [4.69, 9.17) is 14.0 Å². The lowest BCUT2D eigenvalue weighted by Crippen LogP contribution is -2.29. The molecule has 3 rings (SSSR count). The first kappa shape index (κ1) is 17.4. The van der Waals surface area contributed by atoms with Gasteiger partial charge in [-0.05, 0) is 25.2 Å². The number of ether oxygens (including phenoxy) is 2. The SMILES string of the molecule is COCCOCc1nc(C2CCN(C(=O)CC3CCCC3)C2)no1. The summed E-state index contributed by atoms with van der Waals surface area (Å²) in [6.45, 7) is 2.84.